The number of hydrogen-bond donors (Lipinski definition) is 0. The molecule has 9 heteroatoms. The summed E-state index contributed by atoms with van der Waals surface area (Å²) in [6, 6.07) is 0. The highest BCUT2D eigenvalue weighted by molar-refractivity contribution is 7.16. The molecule has 170 valence electrons. The molecule has 0 radical (unpaired) electrons. The molecule has 0 rings (SSSR count). The molecule has 0 heterocycles. The van der Waals surface area contributed by atoms with Gasteiger partial charge < -0.3 is 18.9 Å². The Balaban J connectivity index is 5.12. The van der Waals surface area contributed by atoms with E-state index < -0.39 is 40.1 Å². The Morgan fingerprint density at radius 2 is 1.03 bits per heavy atom. The fourth-order valence-corrected chi connectivity index (χ4v) is 2.24. The van der Waals surface area contributed by atoms with Crippen LogP contribution in [-0.4, -0.2) is 57.5 Å². The number of hydrogen-bond acceptors (Lipinski definition) is 8. The summed E-state index contributed by atoms with van der Waals surface area (Å²) in [5.41, 5.74) is -3.35. The summed E-state index contributed by atoms with van der Waals surface area (Å²) in [6.45, 7) is 14.9. The van der Waals surface area contributed by atoms with Gasteiger partial charge in [-0.1, -0.05) is 20.1 Å². The molecule has 8 nitrogen and oxygen atoms in total. The Morgan fingerprint density at radius 1 is 0.733 bits per heavy atom. The maximum atomic E-state index is 12.5. The highest BCUT2D eigenvalue weighted by atomic mass is 31.0. The summed E-state index contributed by atoms with van der Waals surface area (Å²) in [7, 11) is 4.91. The normalized spacial score (nSPS) is 11.9. The van der Waals surface area contributed by atoms with E-state index in [0.29, 0.717) is 6.16 Å². The molecule has 1 unspecified atom stereocenters. The molecule has 0 spiro atoms. The standard InChI is InChI=1S/C21H33O8P/c1-13(15(22)26-8)19(3,4)17(24)28-10-21(7,12-30)11-29-18(25)20(5,6)14(2)16(23)27-9/h1-2,10-12,30H2,3-9H3. The van der Waals surface area contributed by atoms with Crippen LogP contribution in [0.15, 0.2) is 24.3 Å². The minimum absolute atomic E-state index is 0.0305. The van der Waals surface area contributed by atoms with Gasteiger partial charge in [0.1, 0.15) is 13.2 Å². The van der Waals surface area contributed by atoms with Crippen molar-refractivity contribution in [2.24, 2.45) is 16.2 Å². The van der Waals surface area contributed by atoms with Gasteiger partial charge in [-0.2, -0.15) is 0 Å². The lowest BCUT2D eigenvalue weighted by atomic mass is 9.84. The maximum Gasteiger partial charge on any atom is 0.334 e. The summed E-state index contributed by atoms with van der Waals surface area (Å²) < 4.78 is 20.0. The van der Waals surface area contributed by atoms with E-state index in [0.717, 1.165) is 0 Å². The van der Waals surface area contributed by atoms with Gasteiger partial charge in [0.05, 0.1) is 25.0 Å². The number of ether oxygens (including phenoxy) is 4. The summed E-state index contributed by atoms with van der Waals surface area (Å²) in [5.74, 6) is -2.72. The third kappa shape index (κ3) is 6.66. The molecule has 0 saturated heterocycles. The Morgan fingerprint density at radius 3 is 1.27 bits per heavy atom. The molecule has 0 aromatic carbocycles. The number of carbonyl (C=O) groups is 4. The maximum absolute atomic E-state index is 12.5. The predicted molar refractivity (Wildman–Crippen MR) is 114 cm³/mol. The quantitative estimate of drug-likeness (QED) is 0.207. The molecule has 0 fully saturated rings. The molecule has 30 heavy (non-hydrogen) atoms. The summed E-state index contributed by atoms with van der Waals surface area (Å²) in [6.07, 6.45) is 0.449. The SMILES string of the molecule is C=C(C(=O)OC)C(C)(C)C(=O)OCC(C)(CP)COC(=O)C(C)(C)C(=C)C(=O)OC. The minimum atomic E-state index is -1.29. The molecule has 0 amide bonds. The average Bonchev–Trinajstić information content (AvgIpc) is 2.72. The molecular weight excluding hydrogens is 411 g/mol. The van der Waals surface area contributed by atoms with Gasteiger partial charge in [0.2, 0.25) is 0 Å². The topological polar surface area (TPSA) is 105 Å². The zero-order valence-electron chi connectivity index (χ0n) is 18.9. The highest BCUT2D eigenvalue weighted by Gasteiger charge is 2.40. The second kappa shape index (κ2) is 10.7. The van der Waals surface area contributed by atoms with Crippen molar-refractivity contribution in [3.05, 3.63) is 24.3 Å². The lowest BCUT2D eigenvalue weighted by Crippen LogP contribution is -2.39. The van der Waals surface area contributed by atoms with Crippen molar-refractivity contribution in [1.82, 2.24) is 0 Å². The minimum Gasteiger partial charge on any atom is -0.466 e. The number of methoxy groups -OCH3 is 2. The van der Waals surface area contributed by atoms with E-state index in [9.17, 15) is 19.2 Å². The summed E-state index contributed by atoms with van der Waals surface area (Å²) in [4.78, 5) is 48.4. The van der Waals surface area contributed by atoms with E-state index in [4.69, 9.17) is 9.47 Å². The van der Waals surface area contributed by atoms with Crippen LogP contribution in [-0.2, 0) is 38.1 Å². The first-order valence-corrected chi connectivity index (χ1v) is 10.0. The fourth-order valence-electron chi connectivity index (χ4n) is 2.00. The van der Waals surface area contributed by atoms with Gasteiger partial charge in [-0.25, -0.2) is 9.59 Å². The molecule has 0 saturated carbocycles. The lowest BCUT2D eigenvalue weighted by Gasteiger charge is -2.31. The fraction of sp³-hybridized carbons (Fsp3) is 0.619. The van der Waals surface area contributed by atoms with Crippen molar-refractivity contribution in [3.8, 4) is 0 Å². The van der Waals surface area contributed by atoms with Crippen molar-refractivity contribution in [1.29, 1.82) is 0 Å². The summed E-state index contributed by atoms with van der Waals surface area (Å²) in [5, 5.41) is 0. The first-order chi connectivity index (χ1) is 13.6. The number of carbonyl (C=O) groups excluding carboxylic acids is 4. The Labute approximate surface area is 180 Å². The average molecular weight is 444 g/mol. The molecule has 0 bridgehead atoms. The third-order valence-corrected chi connectivity index (χ3v) is 5.97. The van der Waals surface area contributed by atoms with Gasteiger partial charge in [0.15, 0.2) is 0 Å². The molecule has 0 aliphatic carbocycles. The van der Waals surface area contributed by atoms with Crippen molar-refractivity contribution < 1.29 is 38.1 Å². The van der Waals surface area contributed by atoms with Crippen molar-refractivity contribution in [2.75, 3.05) is 33.6 Å². The molecule has 0 aromatic heterocycles. The predicted octanol–water partition coefficient (Wildman–Crippen LogP) is 2.46. The van der Waals surface area contributed by atoms with Crippen LogP contribution in [0.5, 0.6) is 0 Å². The van der Waals surface area contributed by atoms with Crippen LogP contribution in [0.25, 0.3) is 0 Å². The van der Waals surface area contributed by atoms with Crippen molar-refractivity contribution >= 4 is 33.1 Å². The number of esters is 4. The van der Waals surface area contributed by atoms with E-state index in [1.165, 1.54) is 41.9 Å². The van der Waals surface area contributed by atoms with Gasteiger partial charge in [0.25, 0.3) is 0 Å². The van der Waals surface area contributed by atoms with E-state index in [-0.39, 0.29) is 24.4 Å². The van der Waals surface area contributed by atoms with E-state index in [1.54, 1.807) is 6.92 Å². The van der Waals surface area contributed by atoms with Crippen LogP contribution in [0.3, 0.4) is 0 Å². The van der Waals surface area contributed by atoms with Gasteiger partial charge >= 0.3 is 23.9 Å². The first kappa shape index (κ1) is 27.8. The first-order valence-electron chi connectivity index (χ1n) is 9.20. The van der Waals surface area contributed by atoms with Crippen LogP contribution in [0.2, 0.25) is 0 Å². The molecular formula is C21H33O8P. The van der Waals surface area contributed by atoms with Crippen molar-refractivity contribution in [2.45, 2.75) is 34.6 Å². The largest absolute Gasteiger partial charge is 0.466 e. The number of rotatable bonds is 11. The van der Waals surface area contributed by atoms with Crippen LogP contribution < -0.4 is 0 Å². The van der Waals surface area contributed by atoms with E-state index in [1.807, 2.05) is 0 Å². The zero-order valence-corrected chi connectivity index (χ0v) is 20.0. The summed E-state index contributed by atoms with van der Waals surface area (Å²) >= 11 is 0. The Kier molecular flexibility index (Phi) is 9.92. The van der Waals surface area contributed by atoms with Crippen LogP contribution in [0.1, 0.15) is 34.6 Å². The van der Waals surface area contributed by atoms with Crippen LogP contribution >= 0.6 is 9.24 Å². The van der Waals surface area contributed by atoms with Crippen molar-refractivity contribution in [3.63, 3.8) is 0 Å². The molecule has 0 N–H and O–H groups in total. The molecule has 0 aliphatic heterocycles. The van der Waals surface area contributed by atoms with Gasteiger partial charge in [0, 0.05) is 16.6 Å². The lowest BCUT2D eigenvalue weighted by molar-refractivity contribution is -0.163. The third-order valence-electron chi connectivity index (χ3n) is 4.99. The molecule has 0 aliphatic rings. The Hall–Kier alpha value is -2.21. The van der Waals surface area contributed by atoms with Crippen LogP contribution in [0.4, 0.5) is 0 Å². The second-order valence-corrected chi connectivity index (χ2v) is 8.77. The smallest absolute Gasteiger partial charge is 0.334 e. The van der Waals surface area contributed by atoms with Gasteiger partial charge in [-0.3, -0.25) is 9.59 Å². The second-order valence-electron chi connectivity index (χ2n) is 8.36. The Bertz CT molecular complexity index is 665. The monoisotopic (exact) mass is 444 g/mol. The van der Waals surface area contributed by atoms with E-state index in [2.05, 4.69) is 31.9 Å². The molecule has 0 aromatic rings. The van der Waals surface area contributed by atoms with Crippen LogP contribution in [0, 0.1) is 16.2 Å². The molecule has 1 atom stereocenters. The zero-order chi connectivity index (χ0) is 23.9. The van der Waals surface area contributed by atoms with E-state index >= 15 is 0 Å². The van der Waals surface area contributed by atoms with Gasteiger partial charge in [-0.05, 0) is 33.9 Å². The van der Waals surface area contributed by atoms with Gasteiger partial charge in [-0.15, -0.1) is 9.24 Å². The highest BCUT2D eigenvalue weighted by Crippen LogP contribution is 2.31.